The van der Waals surface area contributed by atoms with Crippen LogP contribution in [0.5, 0.6) is 17.2 Å². The molecule has 1 unspecified atom stereocenters. The lowest BCUT2D eigenvalue weighted by Crippen LogP contribution is -2.30. The van der Waals surface area contributed by atoms with E-state index in [0.717, 1.165) is 11.3 Å². The Bertz CT molecular complexity index is 1080. The largest absolute Gasteiger partial charge is 0.495 e. The van der Waals surface area contributed by atoms with E-state index in [2.05, 4.69) is 5.32 Å². The van der Waals surface area contributed by atoms with E-state index in [1.54, 1.807) is 36.4 Å². The van der Waals surface area contributed by atoms with Crippen LogP contribution in [0.1, 0.15) is 22.8 Å². The number of anilines is 1. The van der Waals surface area contributed by atoms with Gasteiger partial charge in [0.2, 0.25) is 0 Å². The van der Waals surface area contributed by atoms with E-state index in [1.807, 2.05) is 43.3 Å². The third kappa shape index (κ3) is 6.74. The van der Waals surface area contributed by atoms with Gasteiger partial charge in [-0.15, -0.1) is 0 Å². The fourth-order valence-electron chi connectivity index (χ4n) is 3.02. The average molecular weight is 450 g/mol. The molecule has 33 heavy (non-hydrogen) atoms. The SMILES string of the molecule is COc1ccc(C)cc1NC(=O)C(C)OC(=O)c1ccccc1OCCOc1ccccc1. The van der Waals surface area contributed by atoms with E-state index in [0.29, 0.717) is 23.8 Å². The lowest BCUT2D eigenvalue weighted by Gasteiger charge is -2.17. The van der Waals surface area contributed by atoms with Crippen molar-refractivity contribution in [2.45, 2.75) is 20.0 Å². The number of ether oxygens (including phenoxy) is 4. The lowest BCUT2D eigenvalue weighted by atomic mass is 10.2. The molecule has 0 fully saturated rings. The summed E-state index contributed by atoms with van der Waals surface area (Å²) in [6.07, 6.45) is -1.03. The van der Waals surface area contributed by atoms with Crippen molar-refractivity contribution in [2.75, 3.05) is 25.6 Å². The Morgan fingerprint density at radius 2 is 1.58 bits per heavy atom. The maximum atomic E-state index is 12.7. The zero-order valence-corrected chi connectivity index (χ0v) is 18.9. The second-order valence-corrected chi connectivity index (χ2v) is 7.25. The highest BCUT2D eigenvalue weighted by Gasteiger charge is 2.22. The molecular weight excluding hydrogens is 422 g/mol. The number of esters is 1. The van der Waals surface area contributed by atoms with Gasteiger partial charge in [0.05, 0.1) is 12.8 Å². The minimum atomic E-state index is -1.03. The van der Waals surface area contributed by atoms with Gasteiger partial charge in [-0.3, -0.25) is 4.79 Å². The monoisotopic (exact) mass is 449 g/mol. The standard InChI is InChI=1S/C26H27NO6/c1-18-13-14-24(30-3)22(17-18)27-25(28)19(2)33-26(29)21-11-7-8-12-23(21)32-16-15-31-20-9-5-4-6-10-20/h4-14,17,19H,15-16H2,1-3H3,(H,27,28). The van der Waals surface area contributed by atoms with Gasteiger partial charge < -0.3 is 24.3 Å². The summed E-state index contributed by atoms with van der Waals surface area (Å²) < 4.78 is 22.0. The average Bonchev–Trinajstić information content (AvgIpc) is 2.83. The molecule has 0 heterocycles. The number of hydrogen-bond donors (Lipinski definition) is 1. The van der Waals surface area contributed by atoms with Crippen LogP contribution in [-0.2, 0) is 9.53 Å². The van der Waals surface area contributed by atoms with E-state index < -0.39 is 18.0 Å². The Kier molecular flexibility index (Phi) is 8.30. The number of carbonyl (C=O) groups is 2. The van der Waals surface area contributed by atoms with E-state index in [9.17, 15) is 9.59 Å². The van der Waals surface area contributed by atoms with Crippen LogP contribution in [-0.4, -0.2) is 38.3 Å². The Balaban J connectivity index is 1.57. The summed E-state index contributed by atoms with van der Waals surface area (Å²) in [5.41, 5.74) is 1.69. The molecule has 7 heteroatoms. The Morgan fingerprint density at radius 1 is 0.879 bits per heavy atom. The first-order valence-corrected chi connectivity index (χ1v) is 10.5. The van der Waals surface area contributed by atoms with Crippen molar-refractivity contribution in [2.24, 2.45) is 0 Å². The van der Waals surface area contributed by atoms with Crippen LogP contribution in [0.25, 0.3) is 0 Å². The molecule has 0 radical (unpaired) electrons. The number of nitrogens with one attached hydrogen (secondary N) is 1. The van der Waals surface area contributed by atoms with Crippen LogP contribution in [0.3, 0.4) is 0 Å². The molecule has 0 bridgehead atoms. The van der Waals surface area contributed by atoms with Gasteiger partial charge >= 0.3 is 5.97 Å². The molecule has 0 saturated carbocycles. The van der Waals surface area contributed by atoms with Gasteiger partial charge in [0, 0.05) is 0 Å². The van der Waals surface area contributed by atoms with Gasteiger partial charge in [-0.1, -0.05) is 36.4 Å². The molecule has 3 rings (SSSR count). The van der Waals surface area contributed by atoms with E-state index >= 15 is 0 Å². The predicted octanol–water partition coefficient (Wildman–Crippen LogP) is 4.65. The summed E-state index contributed by atoms with van der Waals surface area (Å²) in [6.45, 7) is 3.96. The maximum Gasteiger partial charge on any atom is 0.342 e. The quantitative estimate of drug-likeness (QED) is 0.359. The predicted molar refractivity (Wildman–Crippen MR) is 125 cm³/mol. The molecule has 172 valence electrons. The fraction of sp³-hybridized carbons (Fsp3) is 0.231. The van der Waals surface area contributed by atoms with Gasteiger partial charge in [0.25, 0.3) is 5.91 Å². The summed E-state index contributed by atoms with van der Waals surface area (Å²) >= 11 is 0. The van der Waals surface area contributed by atoms with Crippen LogP contribution < -0.4 is 19.5 Å². The van der Waals surface area contributed by atoms with Crippen LogP contribution in [0.2, 0.25) is 0 Å². The summed E-state index contributed by atoms with van der Waals surface area (Å²) in [4.78, 5) is 25.3. The number of amides is 1. The molecule has 3 aromatic carbocycles. The molecule has 1 amide bonds. The number of para-hydroxylation sites is 2. The topological polar surface area (TPSA) is 83.1 Å². The number of methoxy groups -OCH3 is 1. The van der Waals surface area contributed by atoms with E-state index in [4.69, 9.17) is 18.9 Å². The molecule has 0 aliphatic heterocycles. The smallest absolute Gasteiger partial charge is 0.342 e. The molecule has 1 N–H and O–H groups in total. The number of aryl methyl sites for hydroxylation is 1. The van der Waals surface area contributed by atoms with Gasteiger partial charge in [-0.25, -0.2) is 4.79 Å². The third-order valence-corrected chi connectivity index (χ3v) is 4.73. The number of hydrogen-bond acceptors (Lipinski definition) is 6. The van der Waals surface area contributed by atoms with Crippen molar-refractivity contribution in [3.05, 3.63) is 83.9 Å². The van der Waals surface area contributed by atoms with E-state index in [-0.39, 0.29) is 12.2 Å². The molecule has 0 saturated heterocycles. The number of rotatable bonds is 10. The molecular formula is C26H27NO6. The molecule has 0 aromatic heterocycles. The van der Waals surface area contributed by atoms with E-state index in [1.165, 1.54) is 14.0 Å². The maximum absolute atomic E-state index is 12.7. The zero-order chi connectivity index (χ0) is 23.6. The fourth-order valence-corrected chi connectivity index (χ4v) is 3.02. The highest BCUT2D eigenvalue weighted by molar-refractivity contribution is 5.99. The number of benzene rings is 3. The second kappa shape index (κ2) is 11.6. The molecule has 0 spiro atoms. The molecule has 1 atom stereocenters. The minimum absolute atomic E-state index is 0.227. The van der Waals surface area contributed by atoms with Gasteiger partial charge in [-0.2, -0.15) is 0 Å². The first-order chi connectivity index (χ1) is 16.0. The summed E-state index contributed by atoms with van der Waals surface area (Å²) in [7, 11) is 1.52. The van der Waals surface area contributed by atoms with Gasteiger partial charge in [0.15, 0.2) is 6.10 Å². The van der Waals surface area contributed by atoms with Crippen molar-refractivity contribution < 1.29 is 28.5 Å². The van der Waals surface area contributed by atoms with Crippen LogP contribution in [0.4, 0.5) is 5.69 Å². The lowest BCUT2D eigenvalue weighted by molar-refractivity contribution is -0.123. The van der Waals surface area contributed by atoms with Crippen molar-refractivity contribution >= 4 is 17.6 Å². The summed E-state index contributed by atoms with van der Waals surface area (Å²) in [6, 6.07) is 21.5. The van der Waals surface area contributed by atoms with Gasteiger partial charge in [-0.05, 0) is 55.8 Å². The van der Waals surface area contributed by atoms with Crippen LogP contribution in [0, 0.1) is 6.92 Å². The van der Waals surface area contributed by atoms with Crippen molar-refractivity contribution in [1.29, 1.82) is 0 Å². The van der Waals surface area contributed by atoms with Gasteiger partial charge in [0.1, 0.15) is 36.0 Å². The highest BCUT2D eigenvalue weighted by atomic mass is 16.6. The molecule has 7 nitrogen and oxygen atoms in total. The first kappa shape index (κ1) is 23.7. The highest BCUT2D eigenvalue weighted by Crippen LogP contribution is 2.26. The first-order valence-electron chi connectivity index (χ1n) is 10.5. The second-order valence-electron chi connectivity index (χ2n) is 7.25. The van der Waals surface area contributed by atoms with Crippen molar-refractivity contribution in [3.63, 3.8) is 0 Å². The Labute approximate surface area is 193 Å². The zero-order valence-electron chi connectivity index (χ0n) is 18.9. The number of carbonyl (C=O) groups excluding carboxylic acids is 2. The third-order valence-electron chi connectivity index (χ3n) is 4.73. The minimum Gasteiger partial charge on any atom is -0.495 e. The summed E-state index contributed by atoms with van der Waals surface area (Å²) in [5, 5.41) is 2.74. The Morgan fingerprint density at radius 3 is 2.33 bits per heavy atom. The van der Waals surface area contributed by atoms with Crippen molar-refractivity contribution in [3.8, 4) is 17.2 Å². The van der Waals surface area contributed by atoms with Crippen molar-refractivity contribution in [1.82, 2.24) is 0 Å². The molecule has 0 aliphatic carbocycles. The molecule has 0 aliphatic rings. The Hall–Kier alpha value is -4.00. The normalized spacial score (nSPS) is 11.2. The summed E-state index contributed by atoms with van der Waals surface area (Å²) in [5.74, 6) is 0.477. The van der Waals surface area contributed by atoms with Crippen LogP contribution >= 0.6 is 0 Å². The van der Waals surface area contributed by atoms with Crippen LogP contribution in [0.15, 0.2) is 72.8 Å². The molecule has 3 aromatic rings.